The van der Waals surface area contributed by atoms with E-state index in [4.69, 9.17) is 5.11 Å². The fourth-order valence-corrected chi connectivity index (χ4v) is 1.23. The molecule has 1 N–H and O–H groups in total. The molecule has 0 bridgehead atoms. The van der Waals surface area contributed by atoms with Crippen molar-refractivity contribution in [2.45, 2.75) is 19.3 Å². The van der Waals surface area contributed by atoms with Crippen molar-refractivity contribution in [3.8, 4) is 0 Å². The number of hydrogen-bond acceptors (Lipinski definition) is 1. The summed E-state index contributed by atoms with van der Waals surface area (Å²) in [5.41, 5.74) is 0.879. The van der Waals surface area contributed by atoms with Gasteiger partial charge in [0.1, 0.15) is 5.41 Å². The SMILES string of the molecule is C=CC(C)(C(=O)O)c1ccc(C)cc1. The van der Waals surface area contributed by atoms with Gasteiger partial charge in [-0.15, -0.1) is 6.58 Å². The molecule has 14 heavy (non-hydrogen) atoms. The molecular weight excluding hydrogens is 176 g/mol. The van der Waals surface area contributed by atoms with Crippen molar-refractivity contribution in [3.05, 3.63) is 48.0 Å². The first-order chi connectivity index (χ1) is 6.50. The van der Waals surface area contributed by atoms with Gasteiger partial charge in [-0.1, -0.05) is 35.9 Å². The summed E-state index contributed by atoms with van der Waals surface area (Å²) in [7, 11) is 0. The zero-order valence-electron chi connectivity index (χ0n) is 8.45. The van der Waals surface area contributed by atoms with Gasteiger partial charge < -0.3 is 5.11 Å². The molecule has 0 aliphatic carbocycles. The van der Waals surface area contributed by atoms with E-state index in [0.29, 0.717) is 0 Å². The molecule has 0 aliphatic heterocycles. The van der Waals surface area contributed by atoms with Gasteiger partial charge in [-0.3, -0.25) is 4.79 Å². The van der Waals surface area contributed by atoms with Crippen LogP contribution in [0.4, 0.5) is 0 Å². The van der Waals surface area contributed by atoms with E-state index in [0.717, 1.165) is 11.1 Å². The lowest BCUT2D eigenvalue weighted by atomic mass is 9.82. The number of benzene rings is 1. The third kappa shape index (κ3) is 1.69. The molecule has 0 amide bonds. The minimum Gasteiger partial charge on any atom is -0.480 e. The van der Waals surface area contributed by atoms with Crippen molar-refractivity contribution in [2.24, 2.45) is 0 Å². The highest BCUT2D eigenvalue weighted by Crippen LogP contribution is 2.25. The fraction of sp³-hybridized carbons (Fsp3) is 0.250. The summed E-state index contributed by atoms with van der Waals surface area (Å²) in [5.74, 6) is -0.878. The summed E-state index contributed by atoms with van der Waals surface area (Å²) in [6.45, 7) is 7.19. The highest BCUT2D eigenvalue weighted by atomic mass is 16.4. The second-order valence-corrected chi connectivity index (χ2v) is 3.58. The first kappa shape index (κ1) is 10.5. The molecule has 1 aromatic rings. The van der Waals surface area contributed by atoms with E-state index in [1.165, 1.54) is 6.08 Å². The Morgan fingerprint density at radius 1 is 1.43 bits per heavy atom. The Morgan fingerprint density at radius 2 is 1.93 bits per heavy atom. The van der Waals surface area contributed by atoms with Crippen LogP contribution < -0.4 is 0 Å². The lowest BCUT2D eigenvalue weighted by molar-refractivity contribution is -0.141. The summed E-state index contributed by atoms with van der Waals surface area (Å²) < 4.78 is 0. The van der Waals surface area contributed by atoms with Crippen molar-refractivity contribution in [1.82, 2.24) is 0 Å². The molecule has 0 aliphatic rings. The molecule has 1 atom stereocenters. The number of aryl methyl sites for hydroxylation is 1. The number of aliphatic carboxylic acids is 1. The lowest BCUT2D eigenvalue weighted by Gasteiger charge is -2.20. The minimum absolute atomic E-state index is 0.755. The van der Waals surface area contributed by atoms with E-state index >= 15 is 0 Å². The van der Waals surface area contributed by atoms with E-state index in [9.17, 15) is 4.79 Å². The number of carboxylic acids is 1. The maximum atomic E-state index is 11.1. The predicted octanol–water partition coefficient (Wildman–Crippen LogP) is 2.52. The van der Waals surface area contributed by atoms with Gasteiger partial charge in [0.15, 0.2) is 0 Å². The molecule has 1 unspecified atom stereocenters. The molecule has 0 saturated heterocycles. The molecule has 0 saturated carbocycles. The highest BCUT2D eigenvalue weighted by molar-refractivity contribution is 5.83. The van der Waals surface area contributed by atoms with E-state index in [1.807, 2.05) is 31.2 Å². The van der Waals surface area contributed by atoms with Gasteiger partial charge in [-0.2, -0.15) is 0 Å². The van der Waals surface area contributed by atoms with E-state index in [-0.39, 0.29) is 0 Å². The summed E-state index contributed by atoms with van der Waals surface area (Å²) in [4.78, 5) is 11.1. The number of carboxylic acid groups (broad SMARTS) is 1. The van der Waals surface area contributed by atoms with E-state index < -0.39 is 11.4 Å². The number of hydrogen-bond donors (Lipinski definition) is 1. The smallest absolute Gasteiger partial charge is 0.317 e. The first-order valence-corrected chi connectivity index (χ1v) is 4.45. The Balaban J connectivity index is 3.19. The van der Waals surface area contributed by atoms with Gasteiger partial charge in [0.2, 0.25) is 0 Å². The predicted molar refractivity (Wildman–Crippen MR) is 56.4 cm³/mol. The van der Waals surface area contributed by atoms with Crippen molar-refractivity contribution >= 4 is 5.97 Å². The number of rotatable bonds is 3. The number of carbonyl (C=O) groups is 1. The maximum Gasteiger partial charge on any atom is 0.317 e. The molecule has 2 nitrogen and oxygen atoms in total. The summed E-state index contributed by atoms with van der Waals surface area (Å²) in [6, 6.07) is 7.45. The standard InChI is InChI=1S/C12H14O2/c1-4-12(3,11(13)14)10-7-5-9(2)6-8-10/h4-8H,1H2,2-3H3,(H,13,14). The summed E-state index contributed by atoms with van der Waals surface area (Å²) in [6.07, 6.45) is 1.46. The van der Waals surface area contributed by atoms with Crippen LogP contribution in [0.15, 0.2) is 36.9 Å². The van der Waals surface area contributed by atoms with Crippen LogP contribution in [0.3, 0.4) is 0 Å². The topological polar surface area (TPSA) is 37.3 Å². The molecule has 1 rings (SSSR count). The van der Waals surface area contributed by atoms with Crippen LogP contribution >= 0.6 is 0 Å². The molecule has 0 spiro atoms. The molecule has 1 aromatic carbocycles. The molecular formula is C12H14O2. The van der Waals surface area contributed by atoms with E-state index in [1.54, 1.807) is 6.92 Å². The normalized spacial score (nSPS) is 14.4. The highest BCUT2D eigenvalue weighted by Gasteiger charge is 2.31. The molecule has 0 radical (unpaired) electrons. The van der Waals surface area contributed by atoms with Crippen LogP contribution in [-0.4, -0.2) is 11.1 Å². The molecule has 0 heterocycles. The lowest BCUT2D eigenvalue weighted by Crippen LogP contribution is -2.29. The quantitative estimate of drug-likeness (QED) is 0.743. The van der Waals surface area contributed by atoms with Crippen LogP contribution in [0.5, 0.6) is 0 Å². The second-order valence-electron chi connectivity index (χ2n) is 3.58. The van der Waals surface area contributed by atoms with Gasteiger partial charge in [0.25, 0.3) is 0 Å². The van der Waals surface area contributed by atoms with Crippen LogP contribution in [0, 0.1) is 6.92 Å². The van der Waals surface area contributed by atoms with Crippen molar-refractivity contribution in [3.63, 3.8) is 0 Å². The van der Waals surface area contributed by atoms with Gasteiger partial charge in [-0.05, 0) is 19.4 Å². The Hall–Kier alpha value is -1.57. The third-order valence-corrected chi connectivity index (χ3v) is 2.50. The Kier molecular flexibility index (Phi) is 2.75. The fourth-order valence-electron chi connectivity index (χ4n) is 1.23. The van der Waals surface area contributed by atoms with Gasteiger partial charge >= 0.3 is 5.97 Å². The zero-order chi connectivity index (χ0) is 10.8. The van der Waals surface area contributed by atoms with Crippen LogP contribution in [0.1, 0.15) is 18.1 Å². The van der Waals surface area contributed by atoms with E-state index in [2.05, 4.69) is 6.58 Å². The van der Waals surface area contributed by atoms with Crippen LogP contribution in [0.25, 0.3) is 0 Å². The monoisotopic (exact) mass is 190 g/mol. The van der Waals surface area contributed by atoms with Crippen LogP contribution in [0.2, 0.25) is 0 Å². The van der Waals surface area contributed by atoms with Crippen molar-refractivity contribution in [2.75, 3.05) is 0 Å². The van der Waals surface area contributed by atoms with Crippen LogP contribution in [-0.2, 0) is 10.2 Å². The molecule has 0 aromatic heterocycles. The first-order valence-electron chi connectivity index (χ1n) is 4.45. The van der Waals surface area contributed by atoms with Gasteiger partial charge in [-0.25, -0.2) is 0 Å². The molecule has 0 fully saturated rings. The van der Waals surface area contributed by atoms with Gasteiger partial charge in [0.05, 0.1) is 0 Å². The Morgan fingerprint density at radius 3 is 2.29 bits per heavy atom. The van der Waals surface area contributed by atoms with Crippen molar-refractivity contribution in [1.29, 1.82) is 0 Å². The minimum atomic E-state index is -0.992. The maximum absolute atomic E-state index is 11.1. The van der Waals surface area contributed by atoms with Crippen molar-refractivity contribution < 1.29 is 9.90 Å². The zero-order valence-corrected chi connectivity index (χ0v) is 8.45. The Bertz CT molecular complexity index is 351. The summed E-state index contributed by atoms with van der Waals surface area (Å²) in [5, 5.41) is 9.08. The molecule has 74 valence electrons. The largest absolute Gasteiger partial charge is 0.480 e. The third-order valence-electron chi connectivity index (χ3n) is 2.50. The molecule has 2 heteroatoms. The average molecular weight is 190 g/mol. The second kappa shape index (κ2) is 3.66. The average Bonchev–Trinajstić information content (AvgIpc) is 2.17. The summed E-state index contributed by atoms with van der Waals surface area (Å²) >= 11 is 0. The Labute approximate surface area is 83.9 Å². The van der Waals surface area contributed by atoms with Gasteiger partial charge in [0, 0.05) is 0 Å².